The molecule has 0 saturated heterocycles. The van der Waals surface area contributed by atoms with Crippen molar-refractivity contribution in [3.63, 3.8) is 0 Å². The highest BCUT2D eigenvalue weighted by molar-refractivity contribution is 6.69. The first kappa shape index (κ1) is 12.7. The van der Waals surface area contributed by atoms with Crippen LogP contribution in [0.4, 0.5) is 0 Å². The molecule has 6 heteroatoms. The van der Waals surface area contributed by atoms with E-state index in [0.29, 0.717) is 0 Å². The Morgan fingerprint density at radius 1 is 1.06 bits per heavy atom. The maximum absolute atomic E-state index is 11.0. The number of rotatable bonds is 3. The van der Waals surface area contributed by atoms with Gasteiger partial charge in [0.1, 0.15) is 0 Å². The van der Waals surface area contributed by atoms with Gasteiger partial charge < -0.3 is 5.11 Å². The highest BCUT2D eigenvalue weighted by atomic mass is 35.5. The molecule has 84 valence electrons. The number of carbonyl (C=O) groups is 3. The minimum absolute atomic E-state index is 0.0365. The van der Waals surface area contributed by atoms with Crippen molar-refractivity contribution in [2.24, 2.45) is 0 Å². The number of hydrogen-bond acceptors (Lipinski definition) is 3. The molecular formula is C10H6Cl2O4. The smallest absolute Gasteiger partial charge is 0.335 e. The van der Waals surface area contributed by atoms with Crippen molar-refractivity contribution >= 4 is 39.7 Å². The molecule has 0 radical (unpaired) electrons. The Bertz CT molecular complexity index is 459. The second kappa shape index (κ2) is 4.63. The van der Waals surface area contributed by atoms with Crippen LogP contribution in [-0.4, -0.2) is 21.6 Å². The minimum Gasteiger partial charge on any atom is -0.478 e. The van der Waals surface area contributed by atoms with Gasteiger partial charge in [0.05, 0.1) is 5.56 Å². The molecule has 0 aliphatic rings. The van der Waals surface area contributed by atoms with E-state index in [-0.39, 0.29) is 22.3 Å². The summed E-state index contributed by atoms with van der Waals surface area (Å²) in [6.07, 6.45) is 0. The first-order chi connectivity index (χ1) is 7.34. The average Bonchev–Trinajstić information content (AvgIpc) is 2.16. The number of carboxylic acids is 1. The third-order valence-corrected chi connectivity index (χ3v) is 2.49. The van der Waals surface area contributed by atoms with E-state index in [1.54, 1.807) is 0 Å². The van der Waals surface area contributed by atoms with Gasteiger partial charge in [0.15, 0.2) is 0 Å². The van der Waals surface area contributed by atoms with E-state index in [4.69, 9.17) is 28.3 Å². The fourth-order valence-corrected chi connectivity index (χ4v) is 1.64. The molecule has 16 heavy (non-hydrogen) atoms. The zero-order valence-electron chi connectivity index (χ0n) is 8.08. The summed E-state index contributed by atoms with van der Waals surface area (Å²) in [5.41, 5.74) is -0.0141. The second-order valence-corrected chi connectivity index (χ2v) is 3.74. The third-order valence-electron chi connectivity index (χ3n) is 2.08. The molecule has 0 aromatic heterocycles. The number of carbonyl (C=O) groups excluding carboxylic acids is 2. The lowest BCUT2D eigenvalue weighted by atomic mass is 10.00. The van der Waals surface area contributed by atoms with Crippen molar-refractivity contribution in [3.05, 3.63) is 34.4 Å². The van der Waals surface area contributed by atoms with Crippen LogP contribution < -0.4 is 0 Å². The van der Waals surface area contributed by atoms with Gasteiger partial charge in [-0.25, -0.2) is 4.79 Å². The average molecular weight is 261 g/mol. The van der Waals surface area contributed by atoms with Crippen LogP contribution in [0.15, 0.2) is 12.1 Å². The summed E-state index contributed by atoms with van der Waals surface area (Å²) in [6, 6.07) is 2.21. The molecular weight excluding hydrogens is 255 g/mol. The normalized spacial score (nSPS) is 9.94. The number of halogens is 2. The molecule has 0 fully saturated rings. The number of carboxylic acid groups (broad SMARTS) is 1. The lowest BCUT2D eigenvalue weighted by Crippen LogP contribution is -2.07. The van der Waals surface area contributed by atoms with E-state index in [1.807, 2.05) is 0 Å². The molecule has 0 spiro atoms. The SMILES string of the molecule is Cc1c(C(=O)Cl)cc(C(=O)O)cc1C(=O)Cl. The third kappa shape index (κ3) is 2.40. The lowest BCUT2D eigenvalue weighted by Gasteiger charge is -2.07. The van der Waals surface area contributed by atoms with Crippen molar-refractivity contribution in [1.29, 1.82) is 0 Å². The summed E-state index contributed by atoms with van der Waals surface area (Å²) in [6.45, 7) is 1.47. The van der Waals surface area contributed by atoms with Crippen LogP contribution >= 0.6 is 23.2 Å². The minimum atomic E-state index is -1.27. The molecule has 1 N–H and O–H groups in total. The second-order valence-electron chi connectivity index (χ2n) is 3.05. The van der Waals surface area contributed by atoms with Gasteiger partial charge in [-0.3, -0.25) is 9.59 Å². The van der Waals surface area contributed by atoms with Crippen LogP contribution in [0.25, 0.3) is 0 Å². The van der Waals surface area contributed by atoms with E-state index in [1.165, 1.54) is 6.92 Å². The Hall–Kier alpha value is -1.39. The largest absolute Gasteiger partial charge is 0.478 e. The van der Waals surface area contributed by atoms with Gasteiger partial charge in [-0.1, -0.05) is 0 Å². The van der Waals surface area contributed by atoms with Gasteiger partial charge in [0, 0.05) is 11.1 Å². The fraction of sp³-hybridized carbons (Fsp3) is 0.100. The summed E-state index contributed by atoms with van der Waals surface area (Å²) in [4.78, 5) is 32.8. The summed E-state index contributed by atoms with van der Waals surface area (Å²) >= 11 is 10.6. The maximum Gasteiger partial charge on any atom is 0.335 e. The predicted molar refractivity (Wildman–Crippen MR) is 58.5 cm³/mol. The Balaban J connectivity index is 3.57. The summed E-state index contributed by atoms with van der Waals surface area (Å²) in [7, 11) is 0. The monoisotopic (exact) mass is 260 g/mol. The fourth-order valence-electron chi connectivity index (χ4n) is 1.25. The zero-order valence-corrected chi connectivity index (χ0v) is 9.59. The van der Waals surface area contributed by atoms with Crippen LogP contribution in [-0.2, 0) is 0 Å². The highest BCUT2D eigenvalue weighted by Crippen LogP contribution is 2.20. The Morgan fingerprint density at radius 3 is 1.69 bits per heavy atom. The van der Waals surface area contributed by atoms with Crippen molar-refractivity contribution in [3.8, 4) is 0 Å². The Kier molecular flexibility index (Phi) is 3.67. The van der Waals surface area contributed by atoms with Gasteiger partial charge in [0.2, 0.25) is 0 Å². The van der Waals surface area contributed by atoms with Crippen LogP contribution in [0.1, 0.15) is 36.6 Å². The molecule has 0 unspecified atom stereocenters. The summed E-state index contributed by atoms with van der Waals surface area (Å²) in [5.74, 6) is -1.27. The standard InChI is InChI=1S/C10H6Cl2O4/c1-4-6(8(11)13)2-5(10(15)16)3-7(4)9(12)14/h2-3H,1H3,(H,15,16). The van der Waals surface area contributed by atoms with E-state index in [2.05, 4.69) is 0 Å². The van der Waals surface area contributed by atoms with Crippen molar-refractivity contribution in [2.75, 3.05) is 0 Å². The Labute approximate surface area is 101 Å². The first-order valence-corrected chi connectivity index (χ1v) is 4.87. The quantitative estimate of drug-likeness (QED) is 0.848. The van der Waals surface area contributed by atoms with Crippen LogP contribution in [0.2, 0.25) is 0 Å². The van der Waals surface area contributed by atoms with Crippen molar-refractivity contribution < 1.29 is 19.5 Å². The molecule has 4 nitrogen and oxygen atoms in total. The number of hydrogen-bond donors (Lipinski definition) is 1. The first-order valence-electron chi connectivity index (χ1n) is 4.12. The number of benzene rings is 1. The van der Waals surface area contributed by atoms with E-state index in [0.717, 1.165) is 12.1 Å². The molecule has 0 amide bonds. The number of aromatic carboxylic acids is 1. The molecule has 0 heterocycles. The van der Waals surface area contributed by atoms with Crippen molar-refractivity contribution in [2.45, 2.75) is 6.92 Å². The summed E-state index contributed by atoms with van der Waals surface area (Å²) < 4.78 is 0. The Morgan fingerprint density at radius 2 is 1.44 bits per heavy atom. The van der Waals surface area contributed by atoms with E-state index < -0.39 is 16.5 Å². The van der Waals surface area contributed by atoms with E-state index in [9.17, 15) is 14.4 Å². The molecule has 1 aromatic carbocycles. The van der Waals surface area contributed by atoms with Crippen LogP contribution in [0.3, 0.4) is 0 Å². The van der Waals surface area contributed by atoms with Gasteiger partial charge in [-0.2, -0.15) is 0 Å². The summed E-state index contributed by atoms with van der Waals surface area (Å²) in [5, 5.41) is 7.11. The molecule has 1 aromatic rings. The molecule has 0 aliphatic heterocycles. The lowest BCUT2D eigenvalue weighted by molar-refractivity contribution is 0.0697. The van der Waals surface area contributed by atoms with Gasteiger partial charge in [-0.15, -0.1) is 0 Å². The maximum atomic E-state index is 11.0. The van der Waals surface area contributed by atoms with Crippen LogP contribution in [0.5, 0.6) is 0 Å². The van der Waals surface area contributed by atoms with E-state index >= 15 is 0 Å². The zero-order chi connectivity index (χ0) is 12.5. The van der Waals surface area contributed by atoms with Gasteiger partial charge >= 0.3 is 5.97 Å². The topological polar surface area (TPSA) is 71.4 Å². The van der Waals surface area contributed by atoms with Gasteiger partial charge in [-0.05, 0) is 47.8 Å². The van der Waals surface area contributed by atoms with Crippen molar-refractivity contribution in [1.82, 2.24) is 0 Å². The molecule has 0 aliphatic carbocycles. The van der Waals surface area contributed by atoms with Gasteiger partial charge in [0.25, 0.3) is 10.5 Å². The molecule has 0 saturated carbocycles. The molecule has 0 atom stereocenters. The molecule has 1 rings (SSSR count). The highest BCUT2D eigenvalue weighted by Gasteiger charge is 2.18. The van der Waals surface area contributed by atoms with Crippen LogP contribution in [0, 0.1) is 6.92 Å². The molecule has 0 bridgehead atoms. The predicted octanol–water partition coefficient (Wildman–Crippen LogP) is 2.45.